The third kappa shape index (κ3) is 3.30. The van der Waals surface area contributed by atoms with Crippen LogP contribution >= 0.6 is 22.6 Å². The van der Waals surface area contributed by atoms with Crippen LogP contribution in [0.15, 0.2) is 42.5 Å². The fourth-order valence-corrected chi connectivity index (χ4v) is 3.00. The molecule has 2 N–H and O–H groups in total. The summed E-state index contributed by atoms with van der Waals surface area (Å²) in [5.41, 5.74) is 3.24. The average molecular weight is 406 g/mol. The topological polar surface area (TPSA) is 58.2 Å². The van der Waals surface area contributed by atoms with Crippen molar-refractivity contribution in [2.24, 2.45) is 0 Å². The molecule has 3 rings (SSSR count). The van der Waals surface area contributed by atoms with E-state index in [0.717, 1.165) is 33.4 Å². The summed E-state index contributed by atoms with van der Waals surface area (Å²) in [4.78, 5) is 24.0. The third-order valence-corrected chi connectivity index (χ3v) is 4.55. The van der Waals surface area contributed by atoms with Crippen molar-refractivity contribution in [2.75, 3.05) is 10.6 Å². The molecule has 1 heterocycles. The molecule has 0 bridgehead atoms. The minimum atomic E-state index is -0.137. The van der Waals surface area contributed by atoms with Crippen LogP contribution < -0.4 is 10.6 Å². The number of rotatable bonds is 2. The van der Waals surface area contributed by atoms with Crippen LogP contribution in [-0.2, 0) is 11.2 Å². The van der Waals surface area contributed by atoms with Gasteiger partial charge in [0.2, 0.25) is 5.91 Å². The van der Waals surface area contributed by atoms with Gasteiger partial charge < -0.3 is 10.6 Å². The van der Waals surface area contributed by atoms with Gasteiger partial charge in [0.1, 0.15) is 0 Å². The van der Waals surface area contributed by atoms with E-state index in [1.54, 1.807) is 6.07 Å². The van der Waals surface area contributed by atoms with Crippen molar-refractivity contribution in [3.05, 3.63) is 57.2 Å². The zero-order valence-electron chi connectivity index (χ0n) is 11.9. The second kappa shape index (κ2) is 6.48. The molecule has 1 aliphatic rings. The summed E-state index contributed by atoms with van der Waals surface area (Å²) in [6.07, 6.45) is 2.14. The smallest absolute Gasteiger partial charge is 0.255 e. The number of carbonyl (C=O) groups is 2. The molecule has 0 unspecified atom stereocenters. The van der Waals surface area contributed by atoms with Gasteiger partial charge in [0.15, 0.2) is 0 Å². The van der Waals surface area contributed by atoms with E-state index in [1.165, 1.54) is 0 Å². The first kappa shape index (κ1) is 15.0. The molecule has 2 amide bonds. The maximum Gasteiger partial charge on any atom is 0.255 e. The van der Waals surface area contributed by atoms with E-state index >= 15 is 0 Å². The standard InChI is InChI=1S/C17H15IN2O2/c18-13-5-1-2-6-15(13)20-17(22)12-8-9-14-11(10-12)4-3-7-16(21)19-14/h1-2,5-6,8-10H,3-4,7H2,(H,19,21)(H,20,22). The summed E-state index contributed by atoms with van der Waals surface area (Å²) < 4.78 is 0.996. The molecule has 22 heavy (non-hydrogen) atoms. The van der Waals surface area contributed by atoms with Crippen molar-refractivity contribution < 1.29 is 9.59 Å². The van der Waals surface area contributed by atoms with Crippen LogP contribution in [-0.4, -0.2) is 11.8 Å². The lowest BCUT2D eigenvalue weighted by atomic mass is 10.0. The molecule has 0 spiro atoms. The highest BCUT2D eigenvalue weighted by atomic mass is 127. The normalized spacial score (nSPS) is 13.8. The van der Waals surface area contributed by atoms with Crippen LogP contribution in [0.3, 0.4) is 0 Å². The van der Waals surface area contributed by atoms with Crippen LogP contribution in [0, 0.1) is 3.57 Å². The molecule has 0 aliphatic carbocycles. The number of hydrogen-bond acceptors (Lipinski definition) is 2. The molecule has 1 aliphatic heterocycles. The van der Waals surface area contributed by atoms with Gasteiger partial charge in [0.05, 0.1) is 5.69 Å². The van der Waals surface area contributed by atoms with Crippen LogP contribution in [0.5, 0.6) is 0 Å². The number of benzene rings is 2. The fourth-order valence-electron chi connectivity index (χ4n) is 2.47. The van der Waals surface area contributed by atoms with Gasteiger partial charge in [-0.05, 0) is 71.3 Å². The zero-order chi connectivity index (χ0) is 15.5. The lowest BCUT2D eigenvalue weighted by molar-refractivity contribution is -0.116. The maximum atomic E-state index is 12.4. The molecule has 112 valence electrons. The Balaban J connectivity index is 1.83. The van der Waals surface area contributed by atoms with E-state index in [1.807, 2.05) is 36.4 Å². The molecule has 0 atom stereocenters. The molecule has 0 aromatic heterocycles. The van der Waals surface area contributed by atoms with Crippen molar-refractivity contribution >= 4 is 45.8 Å². The molecule has 0 saturated heterocycles. The Bertz CT molecular complexity index is 743. The van der Waals surface area contributed by atoms with Gasteiger partial charge in [-0.25, -0.2) is 0 Å². The Labute approximate surface area is 142 Å². The Morgan fingerprint density at radius 1 is 1.14 bits per heavy atom. The predicted octanol–water partition coefficient (Wildman–Crippen LogP) is 3.82. The number of para-hydroxylation sites is 1. The zero-order valence-corrected chi connectivity index (χ0v) is 14.0. The number of amides is 2. The van der Waals surface area contributed by atoms with Gasteiger partial charge in [-0.15, -0.1) is 0 Å². The number of anilines is 2. The maximum absolute atomic E-state index is 12.4. The highest BCUT2D eigenvalue weighted by molar-refractivity contribution is 14.1. The molecule has 2 aromatic carbocycles. The van der Waals surface area contributed by atoms with Crippen molar-refractivity contribution in [1.82, 2.24) is 0 Å². The lowest BCUT2D eigenvalue weighted by Gasteiger charge is -2.10. The van der Waals surface area contributed by atoms with Crippen molar-refractivity contribution in [3.8, 4) is 0 Å². The monoisotopic (exact) mass is 406 g/mol. The van der Waals surface area contributed by atoms with Crippen LogP contribution in [0.25, 0.3) is 0 Å². The van der Waals surface area contributed by atoms with E-state index in [4.69, 9.17) is 0 Å². The number of hydrogen-bond donors (Lipinski definition) is 2. The van der Waals surface area contributed by atoms with Gasteiger partial charge in [-0.1, -0.05) is 12.1 Å². The van der Waals surface area contributed by atoms with Crippen LogP contribution in [0.4, 0.5) is 11.4 Å². The number of fused-ring (bicyclic) bond motifs is 1. The summed E-state index contributed by atoms with van der Waals surface area (Å²) in [5, 5.41) is 5.80. The van der Waals surface area contributed by atoms with E-state index in [2.05, 4.69) is 33.2 Å². The average Bonchev–Trinajstić information content (AvgIpc) is 2.69. The van der Waals surface area contributed by atoms with Crippen molar-refractivity contribution in [2.45, 2.75) is 19.3 Å². The second-order valence-corrected chi connectivity index (χ2v) is 6.37. The van der Waals surface area contributed by atoms with Gasteiger partial charge in [0.25, 0.3) is 5.91 Å². The first-order valence-electron chi connectivity index (χ1n) is 7.12. The van der Waals surface area contributed by atoms with Crippen molar-refractivity contribution in [1.29, 1.82) is 0 Å². The van der Waals surface area contributed by atoms with Crippen LogP contribution in [0.1, 0.15) is 28.8 Å². The van der Waals surface area contributed by atoms with E-state index in [9.17, 15) is 9.59 Å². The minimum absolute atomic E-state index is 0.0368. The largest absolute Gasteiger partial charge is 0.326 e. The molecule has 0 saturated carbocycles. The Kier molecular flexibility index (Phi) is 4.42. The Hall–Kier alpha value is -1.89. The van der Waals surface area contributed by atoms with Gasteiger partial charge in [-0.2, -0.15) is 0 Å². The number of halogens is 1. The molecule has 0 radical (unpaired) electrons. The summed E-state index contributed by atoms with van der Waals surface area (Å²) in [6.45, 7) is 0. The van der Waals surface area contributed by atoms with E-state index in [-0.39, 0.29) is 11.8 Å². The second-order valence-electron chi connectivity index (χ2n) is 5.21. The van der Waals surface area contributed by atoms with Gasteiger partial charge in [0, 0.05) is 21.2 Å². The predicted molar refractivity (Wildman–Crippen MR) is 95.1 cm³/mol. The van der Waals surface area contributed by atoms with Gasteiger partial charge >= 0.3 is 0 Å². The fraction of sp³-hybridized carbons (Fsp3) is 0.176. The van der Waals surface area contributed by atoms with Crippen LogP contribution in [0.2, 0.25) is 0 Å². The molecular weight excluding hydrogens is 391 g/mol. The highest BCUT2D eigenvalue weighted by Gasteiger charge is 2.15. The summed E-state index contributed by atoms with van der Waals surface area (Å²) in [5.74, 6) is -0.0997. The number of nitrogens with one attached hydrogen (secondary N) is 2. The van der Waals surface area contributed by atoms with Gasteiger partial charge in [-0.3, -0.25) is 9.59 Å². The highest BCUT2D eigenvalue weighted by Crippen LogP contribution is 2.24. The summed E-state index contributed by atoms with van der Waals surface area (Å²) in [7, 11) is 0. The Morgan fingerprint density at radius 3 is 2.77 bits per heavy atom. The van der Waals surface area contributed by atoms with E-state index in [0.29, 0.717) is 12.0 Å². The molecular formula is C17H15IN2O2. The molecule has 0 fully saturated rings. The summed E-state index contributed by atoms with van der Waals surface area (Å²) in [6, 6.07) is 13.1. The quantitative estimate of drug-likeness (QED) is 0.746. The van der Waals surface area contributed by atoms with E-state index < -0.39 is 0 Å². The molecule has 2 aromatic rings. The van der Waals surface area contributed by atoms with Crippen molar-refractivity contribution in [3.63, 3.8) is 0 Å². The third-order valence-electron chi connectivity index (χ3n) is 3.61. The SMILES string of the molecule is O=C1CCCc2cc(C(=O)Nc3ccccc3I)ccc2N1. The molecule has 4 nitrogen and oxygen atoms in total. The minimum Gasteiger partial charge on any atom is -0.326 e. The Morgan fingerprint density at radius 2 is 1.95 bits per heavy atom. The lowest BCUT2D eigenvalue weighted by Crippen LogP contribution is -2.14. The molecule has 5 heteroatoms. The number of carbonyl (C=O) groups excluding carboxylic acids is 2. The summed E-state index contributed by atoms with van der Waals surface area (Å²) >= 11 is 2.19. The first-order chi connectivity index (χ1) is 10.6. The number of aryl methyl sites for hydroxylation is 1. The first-order valence-corrected chi connectivity index (χ1v) is 8.20.